The molecule has 0 saturated carbocycles. The van der Waals surface area contributed by atoms with Gasteiger partial charge < -0.3 is 19.1 Å². The Morgan fingerprint density at radius 1 is 0.871 bits per heavy atom. The van der Waals surface area contributed by atoms with Gasteiger partial charge in [0, 0.05) is 36.7 Å². The molecule has 0 aliphatic carbocycles. The second-order valence-electron chi connectivity index (χ2n) is 8.02. The normalized spacial score (nSPS) is 18.3. The van der Waals surface area contributed by atoms with E-state index in [-0.39, 0.29) is 18.4 Å². The Bertz CT molecular complexity index is 1090. The minimum atomic E-state index is -0.690. The summed E-state index contributed by atoms with van der Waals surface area (Å²) >= 11 is 0. The predicted molar refractivity (Wildman–Crippen MR) is 119 cm³/mol. The maximum atomic E-state index is 13.6. The molecule has 0 N–H and O–H groups in total. The lowest BCUT2D eigenvalue weighted by Crippen LogP contribution is -2.52. The van der Waals surface area contributed by atoms with Crippen LogP contribution in [-0.2, 0) is 4.79 Å². The Kier molecular flexibility index (Phi) is 5.20. The van der Waals surface area contributed by atoms with Crippen LogP contribution in [0, 0.1) is 0 Å². The van der Waals surface area contributed by atoms with Gasteiger partial charge in [0.1, 0.15) is 5.75 Å². The van der Waals surface area contributed by atoms with Crippen molar-refractivity contribution in [2.45, 2.75) is 25.4 Å². The molecule has 0 radical (unpaired) electrons. The third-order valence-electron chi connectivity index (χ3n) is 5.96. The van der Waals surface area contributed by atoms with Crippen molar-refractivity contribution in [2.75, 3.05) is 24.5 Å². The van der Waals surface area contributed by atoms with Gasteiger partial charge in [0.15, 0.2) is 6.10 Å². The van der Waals surface area contributed by atoms with E-state index in [0.29, 0.717) is 17.0 Å². The van der Waals surface area contributed by atoms with Crippen LogP contribution in [-0.4, -0.2) is 47.0 Å². The smallest absolute Gasteiger partial charge is 0.265 e. The molecule has 2 aliphatic heterocycles. The highest BCUT2D eigenvalue weighted by atomic mass is 16.5. The minimum absolute atomic E-state index is 0.0342. The number of benzene rings is 2. The fraction of sp³-hybridized carbons (Fsp3) is 0.280. The third-order valence-corrected chi connectivity index (χ3v) is 5.96. The number of carbonyl (C=O) groups is 2. The number of hydrogen-bond acceptors (Lipinski definition) is 3. The summed E-state index contributed by atoms with van der Waals surface area (Å²) in [6.07, 6.45) is 6.39. The zero-order chi connectivity index (χ0) is 21.2. The van der Waals surface area contributed by atoms with Crippen LogP contribution in [0.4, 0.5) is 5.69 Å². The molecule has 3 aromatic rings. The average Bonchev–Trinajstić information content (AvgIpc) is 3.38. The number of piperidine rings is 1. The molecule has 31 heavy (non-hydrogen) atoms. The summed E-state index contributed by atoms with van der Waals surface area (Å²) in [6, 6.07) is 18.9. The zero-order valence-electron chi connectivity index (χ0n) is 17.3. The van der Waals surface area contributed by atoms with Gasteiger partial charge in [-0.05, 0) is 61.7 Å². The summed E-state index contributed by atoms with van der Waals surface area (Å²) in [4.78, 5) is 30.3. The fourth-order valence-corrected chi connectivity index (χ4v) is 4.34. The molecule has 6 nitrogen and oxygen atoms in total. The Morgan fingerprint density at radius 2 is 1.65 bits per heavy atom. The molecular formula is C25H25N3O3. The van der Waals surface area contributed by atoms with Crippen LogP contribution in [0.2, 0.25) is 0 Å². The highest BCUT2D eigenvalue weighted by molar-refractivity contribution is 6.08. The molecule has 6 heteroatoms. The van der Waals surface area contributed by atoms with E-state index in [1.807, 2.05) is 82.5 Å². The van der Waals surface area contributed by atoms with Gasteiger partial charge in [-0.1, -0.05) is 18.2 Å². The number of aromatic nitrogens is 1. The monoisotopic (exact) mass is 415 g/mol. The third kappa shape index (κ3) is 3.81. The largest absolute Gasteiger partial charge is 0.476 e. The molecule has 0 spiro atoms. The number of ether oxygens (including phenoxy) is 1. The molecule has 1 unspecified atom stereocenters. The van der Waals surface area contributed by atoms with E-state index in [4.69, 9.17) is 4.74 Å². The van der Waals surface area contributed by atoms with Crippen LogP contribution in [0.5, 0.6) is 5.75 Å². The van der Waals surface area contributed by atoms with Crippen molar-refractivity contribution in [3.05, 3.63) is 78.6 Å². The summed E-state index contributed by atoms with van der Waals surface area (Å²) in [5, 5.41) is 0. The lowest BCUT2D eigenvalue weighted by molar-refractivity contribution is -0.139. The number of nitrogens with zero attached hydrogens (tertiary/aromatic N) is 3. The van der Waals surface area contributed by atoms with E-state index in [9.17, 15) is 9.59 Å². The van der Waals surface area contributed by atoms with Crippen LogP contribution in [0.3, 0.4) is 0 Å². The summed E-state index contributed by atoms with van der Waals surface area (Å²) in [6.45, 7) is 1.72. The molecule has 5 rings (SSSR count). The van der Waals surface area contributed by atoms with Crippen LogP contribution in [0.25, 0.3) is 5.69 Å². The lowest BCUT2D eigenvalue weighted by atomic mass is 10.1. The topological polar surface area (TPSA) is 54.8 Å². The molecule has 1 aromatic heterocycles. The Balaban J connectivity index is 1.45. The summed E-state index contributed by atoms with van der Waals surface area (Å²) in [5.74, 6) is 0.397. The maximum absolute atomic E-state index is 13.6. The minimum Gasteiger partial charge on any atom is -0.476 e. The molecule has 1 atom stereocenters. The van der Waals surface area contributed by atoms with Crippen molar-refractivity contribution >= 4 is 17.5 Å². The lowest BCUT2D eigenvalue weighted by Gasteiger charge is -2.37. The van der Waals surface area contributed by atoms with Crippen molar-refractivity contribution in [3.63, 3.8) is 0 Å². The van der Waals surface area contributed by atoms with Gasteiger partial charge in [-0.15, -0.1) is 0 Å². The van der Waals surface area contributed by atoms with E-state index in [1.54, 1.807) is 4.90 Å². The first-order chi connectivity index (χ1) is 15.2. The van der Waals surface area contributed by atoms with E-state index >= 15 is 0 Å². The van der Waals surface area contributed by atoms with Crippen LogP contribution < -0.4 is 9.64 Å². The average molecular weight is 415 g/mol. The highest BCUT2D eigenvalue weighted by Gasteiger charge is 2.36. The van der Waals surface area contributed by atoms with Gasteiger partial charge >= 0.3 is 0 Å². The molecule has 3 heterocycles. The van der Waals surface area contributed by atoms with Gasteiger partial charge in [-0.25, -0.2) is 0 Å². The highest BCUT2D eigenvalue weighted by Crippen LogP contribution is 2.35. The summed E-state index contributed by atoms with van der Waals surface area (Å²) < 4.78 is 8.02. The van der Waals surface area contributed by atoms with Gasteiger partial charge in [0.05, 0.1) is 12.2 Å². The maximum Gasteiger partial charge on any atom is 0.265 e. The number of carbonyl (C=O) groups excluding carboxylic acids is 2. The molecular weight excluding hydrogens is 390 g/mol. The zero-order valence-corrected chi connectivity index (χ0v) is 17.3. The van der Waals surface area contributed by atoms with Gasteiger partial charge in [0.25, 0.3) is 11.8 Å². The van der Waals surface area contributed by atoms with E-state index in [1.165, 1.54) is 0 Å². The van der Waals surface area contributed by atoms with Crippen molar-refractivity contribution in [3.8, 4) is 11.4 Å². The van der Waals surface area contributed by atoms with Crippen molar-refractivity contribution in [1.29, 1.82) is 0 Å². The number of para-hydroxylation sites is 2. The SMILES string of the molecule is O=C(C1CN(C(=O)c2cccc(-n3cccc3)c2)c2ccccc2O1)N1CCCCC1. The first-order valence-electron chi connectivity index (χ1n) is 10.8. The first kappa shape index (κ1) is 19.4. The quantitative estimate of drug-likeness (QED) is 0.652. The van der Waals surface area contributed by atoms with Gasteiger partial charge in [-0.2, -0.15) is 0 Å². The Morgan fingerprint density at radius 3 is 2.45 bits per heavy atom. The number of likely N-dealkylation sites (tertiary alicyclic amines) is 1. The molecule has 1 saturated heterocycles. The van der Waals surface area contributed by atoms with Crippen molar-refractivity contribution < 1.29 is 14.3 Å². The summed E-state index contributed by atoms with van der Waals surface area (Å²) in [5.41, 5.74) is 2.19. The van der Waals surface area contributed by atoms with Crippen LogP contribution in [0.1, 0.15) is 29.6 Å². The van der Waals surface area contributed by atoms with Crippen molar-refractivity contribution in [1.82, 2.24) is 9.47 Å². The first-order valence-corrected chi connectivity index (χ1v) is 10.8. The number of amides is 2. The molecule has 2 aromatic carbocycles. The van der Waals surface area contributed by atoms with Crippen LogP contribution >= 0.6 is 0 Å². The molecule has 0 bridgehead atoms. The fourth-order valence-electron chi connectivity index (χ4n) is 4.34. The van der Waals surface area contributed by atoms with E-state index in [2.05, 4.69) is 0 Å². The van der Waals surface area contributed by atoms with Gasteiger partial charge in [-0.3, -0.25) is 9.59 Å². The molecule has 158 valence electrons. The number of fused-ring (bicyclic) bond motifs is 1. The Hall–Kier alpha value is -3.54. The number of rotatable bonds is 3. The summed E-state index contributed by atoms with van der Waals surface area (Å²) in [7, 11) is 0. The number of hydrogen-bond donors (Lipinski definition) is 0. The standard InChI is InChI=1S/C25H25N3O3/c29-24(19-9-8-10-20(17-19)26-13-6-7-14-26)28-18-23(25(30)27-15-4-1-5-16-27)31-22-12-3-2-11-21(22)28/h2-3,6-14,17,23H,1,4-5,15-16,18H2. The van der Waals surface area contributed by atoms with Gasteiger partial charge in [0.2, 0.25) is 0 Å². The van der Waals surface area contributed by atoms with Crippen molar-refractivity contribution in [2.24, 2.45) is 0 Å². The molecule has 2 aliphatic rings. The predicted octanol–water partition coefficient (Wildman–Crippen LogP) is 3.90. The second kappa shape index (κ2) is 8.30. The Labute approximate surface area is 181 Å². The van der Waals surface area contributed by atoms with Crippen LogP contribution in [0.15, 0.2) is 73.1 Å². The molecule has 1 fully saturated rings. The van der Waals surface area contributed by atoms with E-state index < -0.39 is 6.10 Å². The molecule has 2 amide bonds. The van der Waals surface area contributed by atoms with E-state index in [0.717, 1.165) is 38.0 Å². The number of anilines is 1. The second-order valence-corrected chi connectivity index (χ2v) is 8.02.